The van der Waals surface area contributed by atoms with Crippen LogP contribution in [0.3, 0.4) is 0 Å². The highest BCUT2D eigenvalue weighted by Gasteiger charge is 2.28. The molecule has 2 aromatic rings. The van der Waals surface area contributed by atoms with E-state index in [-0.39, 0.29) is 23.6 Å². The molecule has 0 unspecified atom stereocenters. The smallest absolute Gasteiger partial charge is 0.277 e. The first-order valence-corrected chi connectivity index (χ1v) is 11.4. The highest BCUT2D eigenvalue weighted by Crippen LogP contribution is 2.25. The fourth-order valence-corrected chi connectivity index (χ4v) is 3.38. The van der Waals surface area contributed by atoms with Crippen LogP contribution in [0.5, 0.6) is 5.75 Å². The molecular formula is C25H32N5O3+. The number of quaternary nitrogens is 1. The van der Waals surface area contributed by atoms with E-state index in [1.54, 1.807) is 18.2 Å². The summed E-state index contributed by atoms with van der Waals surface area (Å²) >= 11 is 0. The maximum absolute atomic E-state index is 12.7. The Balaban J connectivity index is 1.91. The van der Waals surface area contributed by atoms with Crippen molar-refractivity contribution in [1.29, 1.82) is 5.53 Å². The molecule has 0 radical (unpaired) electrons. The Morgan fingerprint density at radius 1 is 1.15 bits per heavy atom. The number of ether oxygens (including phenoxy) is 1. The standard InChI is InChI=1S/C25H31N5O3/c1-3-8-21(23(30-26)25(32)28-19-12-13-19)29-20-14-11-18(24(31)27-4-2)15-22(20)33-16-17-9-6-5-7-10-17/h5-7,9-11,14-15,19,26,29H,3-4,8,12-13,16H2,1-2H3,(H,27,31)(H,28,32)/p+1. The molecule has 0 aliphatic heterocycles. The third-order valence-corrected chi connectivity index (χ3v) is 5.24. The largest absolute Gasteiger partial charge is 0.483 e. The lowest BCUT2D eigenvalue weighted by atomic mass is 10.1. The van der Waals surface area contributed by atoms with E-state index >= 15 is 0 Å². The number of carbonyl (C=O) groups is 2. The molecule has 0 spiro atoms. The quantitative estimate of drug-likeness (QED) is 0.225. The summed E-state index contributed by atoms with van der Waals surface area (Å²) in [6.45, 7) is 4.75. The maximum Gasteiger partial charge on any atom is 0.277 e. The van der Waals surface area contributed by atoms with Crippen LogP contribution in [0, 0.1) is 5.53 Å². The van der Waals surface area contributed by atoms with Crippen molar-refractivity contribution in [1.82, 2.24) is 10.6 Å². The SMILES string of the molecule is CCCC([NH2+]c1ccc(C(=O)NCC)cc1OCc1ccccc1)=C(N=N)C(=O)NC1CC1. The Hall–Kier alpha value is -3.52. The topological polar surface area (TPSA) is 120 Å². The van der Waals surface area contributed by atoms with Crippen LogP contribution < -0.4 is 20.7 Å². The van der Waals surface area contributed by atoms with Crippen LogP contribution in [0.2, 0.25) is 0 Å². The number of hydrogen-bond acceptors (Lipinski definition) is 5. The molecule has 2 aromatic carbocycles. The van der Waals surface area contributed by atoms with Gasteiger partial charge in [-0.2, -0.15) is 0 Å². The summed E-state index contributed by atoms with van der Waals surface area (Å²) < 4.78 is 6.11. The number of amides is 2. The molecule has 0 bridgehead atoms. The summed E-state index contributed by atoms with van der Waals surface area (Å²) in [4.78, 5) is 25.0. The lowest BCUT2D eigenvalue weighted by Crippen LogP contribution is -2.76. The van der Waals surface area contributed by atoms with Crippen molar-refractivity contribution < 1.29 is 19.6 Å². The fraction of sp³-hybridized carbons (Fsp3) is 0.360. The van der Waals surface area contributed by atoms with E-state index in [1.807, 2.05) is 49.5 Å². The van der Waals surface area contributed by atoms with Gasteiger partial charge in [0.25, 0.3) is 11.8 Å². The van der Waals surface area contributed by atoms with E-state index in [1.165, 1.54) is 0 Å². The number of hydrogen-bond donors (Lipinski definition) is 4. The van der Waals surface area contributed by atoms with Crippen molar-refractivity contribution >= 4 is 17.5 Å². The molecule has 0 saturated heterocycles. The van der Waals surface area contributed by atoms with Crippen molar-refractivity contribution in [2.75, 3.05) is 6.54 Å². The third kappa shape index (κ3) is 6.98. The summed E-state index contributed by atoms with van der Waals surface area (Å²) in [6, 6.07) is 15.2. The molecular weight excluding hydrogens is 418 g/mol. The van der Waals surface area contributed by atoms with Crippen LogP contribution in [-0.4, -0.2) is 24.4 Å². The van der Waals surface area contributed by atoms with Gasteiger partial charge < -0.3 is 15.4 Å². The first-order chi connectivity index (χ1) is 16.0. The summed E-state index contributed by atoms with van der Waals surface area (Å²) in [7, 11) is 0. The Morgan fingerprint density at radius 2 is 1.91 bits per heavy atom. The van der Waals surface area contributed by atoms with E-state index in [2.05, 4.69) is 15.7 Å². The van der Waals surface area contributed by atoms with E-state index < -0.39 is 0 Å². The van der Waals surface area contributed by atoms with Crippen LogP contribution in [0.4, 0.5) is 5.69 Å². The van der Waals surface area contributed by atoms with Crippen molar-refractivity contribution in [2.45, 2.75) is 52.2 Å². The second-order valence-electron chi connectivity index (χ2n) is 8.01. The van der Waals surface area contributed by atoms with Crippen molar-refractivity contribution in [3.63, 3.8) is 0 Å². The van der Waals surface area contributed by atoms with Gasteiger partial charge in [0.15, 0.2) is 11.4 Å². The number of rotatable bonds is 12. The van der Waals surface area contributed by atoms with Gasteiger partial charge in [-0.1, -0.05) is 37.3 Å². The van der Waals surface area contributed by atoms with Crippen molar-refractivity contribution in [3.8, 4) is 5.75 Å². The normalized spacial score (nSPS) is 13.6. The molecule has 1 aliphatic carbocycles. The lowest BCUT2D eigenvalue weighted by molar-refractivity contribution is -0.522. The molecule has 1 saturated carbocycles. The second-order valence-corrected chi connectivity index (χ2v) is 8.01. The van der Waals surface area contributed by atoms with Gasteiger partial charge >= 0.3 is 0 Å². The van der Waals surface area contributed by atoms with Gasteiger partial charge in [0.1, 0.15) is 12.3 Å². The van der Waals surface area contributed by atoms with Gasteiger partial charge in [-0.3, -0.25) is 14.9 Å². The number of carbonyl (C=O) groups excluding carboxylic acids is 2. The van der Waals surface area contributed by atoms with Crippen LogP contribution in [0.1, 0.15) is 55.5 Å². The summed E-state index contributed by atoms with van der Waals surface area (Å²) in [5.41, 5.74) is 10.6. The molecule has 0 atom stereocenters. The van der Waals surface area contributed by atoms with E-state index in [0.717, 1.165) is 30.5 Å². The zero-order valence-electron chi connectivity index (χ0n) is 19.2. The van der Waals surface area contributed by atoms with Crippen LogP contribution in [0.15, 0.2) is 65.0 Å². The summed E-state index contributed by atoms with van der Waals surface area (Å²) in [5.74, 6) is 0.0321. The van der Waals surface area contributed by atoms with E-state index in [9.17, 15) is 9.59 Å². The van der Waals surface area contributed by atoms with Gasteiger partial charge in [-0.15, -0.1) is 5.11 Å². The minimum Gasteiger partial charge on any atom is -0.483 e. The minimum absolute atomic E-state index is 0.116. The number of nitrogens with zero attached hydrogens (tertiary/aromatic N) is 1. The highest BCUT2D eigenvalue weighted by atomic mass is 16.5. The molecule has 2 amide bonds. The molecule has 1 fully saturated rings. The van der Waals surface area contributed by atoms with Gasteiger partial charge in [0.2, 0.25) is 5.70 Å². The molecule has 3 rings (SSSR count). The molecule has 8 nitrogen and oxygen atoms in total. The maximum atomic E-state index is 12.7. The van der Waals surface area contributed by atoms with Crippen molar-refractivity contribution in [2.24, 2.45) is 5.11 Å². The lowest BCUT2D eigenvalue weighted by Gasteiger charge is -2.14. The number of allylic oxidation sites excluding steroid dienone is 1. The average Bonchev–Trinajstić information content (AvgIpc) is 3.63. The monoisotopic (exact) mass is 450 g/mol. The summed E-state index contributed by atoms with van der Waals surface area (Å²) in [6.07, 6.45) is 3.30. The molecule has 0 aromatic heterocycles. The zero-order valence-corrected chi connectivity index (χ0v) is 19.2. The second kappa shape index (κ2) is 11.9. The molecule has 5 N–H and O–H groups in total. The average molecular weight is 451 g/mol. The van der Waals surface area contributed by atoms with E-state index in [0.29, 0.717) is 36.6 Å². The summed E-state index contributed by atoms with van der Waals surface area (Å²) in [5, 5.41) is 11.1. The van der Waals surface area contributed by atoms with Gasteiger partial charge in [0.05, 0.1) is 0 Å². The molecule has 1 aliphatic rings. The zero-order chi connectivity index (χ0) is 23.6. The molecule has 174 valence electrons. The number of benzene rings is 2. The number of nitrogens with two attached hydrogens (primary N) is 1. The Kier molecular flexibility index (Phi) is 8.71. The first kappa shape index (κ1) is 24.1. The van der Waals surface area contributed by atoms with Crippen LogP contribution in [-0.2, 0) is 11.4 Å². The first-order valence-electron chi connectivity index (χ1n) is 11.4. The minimum atomic E-state index is -0.321. The van der Waals surface area contributed by atoms with Gasteiger partial charge in [-0.25, -0.2) is 5.53 Å². The van der Waals surface area contributed by atoms with Gasteiger partial charge in [0, 0.05) is 30.6 Å². The Labute approximate surface area is 194 Å². The van der Waals surface area contributed by atoms with Crippen molar-refractivity contribution in [3.05, 3.63) is 71.1 Å². The van der Waals surface area contributed by atoms with Gasteiger partial charge in [-0.05, 0) is 43.9 Å². The predicted molar refractivity (Wildman–Crippen MR) is 125 cm³/mol. The Bertz CT molecular complexity index is 1020. The van der Waals surface area contributed by atoms with E-state index in [4.69, 9.17) is 10.3 Å². The molecule has 0 heterocycles. The molecule has 33 heavy (non-hydrogen) atoms. The number of nitrogens with one attached hydrogen (secondary N) is 3. The van der Waals surface area contributed by atoms with Crippen LogP contribution >= 0.6 is 0 Å². The predicted octanol–water partition coefficient (Wildman–Crippen LogP) is 3.53. The Morgan fingerprint density at radius 3 is 2.55 bits per heavy atom. The molecule has 8 heteroatoms. The van der Waals surface area contributed by atoms with Crippen LogP contribution in [0.25, 0.3) is 0 Å². The highest BCUT2D eigenvalue weighted by molar-refractivity contribution is 5.95. The third-order valence-electron chi connectivity index (χ3n) is 5.24. The fourth-order valence-electron chi connectivity index (χ4n) is 3.38.